The number of likely N-dealkylation sites (tertiary alicyclic amines) is 1. The van der Waals surface area contributed by atoms with Crippen LogP contribution in [0, 0.1) is 10.8 Å². The summed E-state index contributed by atoms with van der Waals surface area (Å²) in [5, 5.41) is 12.6. The average molecular weight is 268 g/mol. The number of piperidine rings is 2. The van der Waals surface area contributed by atoms with Crippen molar-refractivity contribution >= 4 is 11.9 Å². The van der Waals surface area contributed by atoms with Gasteiger partial charge in [0.25, 0.3) is 0 Å². The van der Waals surface area contributed by atoms with Crippen molar-refractivity contribution in [1.29, 1.82) is 0 Å². The van der Waals surface area contributed by atoms with Gasteiger partial charge in [-0.15, -0.1) is 0 Å². The Labute approximate surface area is 114 Å². The zero-order chi connectivity index (χ0) is 14.1. The van der Waals surface area contributed by atoms with E-state index in [9.17, 15) is 14.7 Å². The van der Waals surface area contributed by atoms with Crippen molar-refractivity contribution < 1.29 is 14.7 Å². The molecule has 5 heteroatoms. The molecular weight excluding hydrogens is 244 g/mol. The van der Waals surface area contributed by atoms with E-state index in [1.54, 1.807) is 11.8 Å². The smallest absolute Gasteiger partial charge is 0.311 e. The number of amides is 1. The quantitative estimate of drug-likeness (QED) is 0.786. The topological polar surface area (TPSA) is 69.6 Å². The number of nitrogens with one attached hydrogen (secondary N) is 1. The Morgan fingerprint density at radius 2 is 1.84 bits per heavy atom. The van der Waals surface area contributed by atoms with Gasteiger partial charge in [0.1, 0.15) is 0 Å². The number of hydrogen-bond acceptors (Lipinski definition) is 3. The van der Waals surface area contributed by atoms with Gasteiger partial charge in [0.2, 0.25) is 5.91 Å². The van der Waals surface area contributed by atoms with Gasteiger partial charge >= 0.3 is 5.97 Å². The van der Waals surface area contributed by atoms with Gasteiger partial charge in [-0.05, 0) is 46.1 Å². The van der Waals surface area contributed by atoms with Crippen LogP contribution in [0.15, 0.2) is 0 Å². The number of aliphatic carboxylic acids is 1. The molecular formula is C14H24N2O3. The third kappa shape index (κ3) is 2.76. The van der Waals surface area contributed by atoms with Gasteiger partial charge in [-0.3, -0.25) is 9.59 Å². The van der Waals surface area contributed by atoms with Gasteiger partial charge in [-0.2, -0.15) is 0 Å². The van der Waals surface area contributed by atoms with Crippen molar-refractivity contribution in [1.82, 2.24) is 10.2 Å². The first kappa shape index (κ1) is 14.3. The Bertz CT molecular complexity index is 377. The van der Waals surface area contributed by atoms with Crippen molar-refractivity contribution in [2.75, 3.05) is 26.2 Å². The molecule has 2 fully saturated rings. The summed E-state index contributed by atoms with van der Waals surface area (Å²) in [5.74, 6) is -0.677. The molecule has 0 aromatic rings. The summed E-state index contributed by atoms with van der Waals surface area (Å²) in [7, 11) is 0. The number of nitrogens with zero attached hydrogens (tertiary/aromatic N) is 1. The maximum absolute atomic E-state index is 12.7. The van der Waals surface area contributed by atoms with Crippen LogP contribution in [-0.4, -0.2) is 48.1 Å². The lowest BCUT2D eigenvalue weighted by Gasteiger charge is -2.43. The van der Waals surface area contributed by atoms with Crippen molar-refractivity contribution in [3.05, 3.63) is 0 Å². The van der Waals surface area contributed by atoms with E-state index in [2.05, 4.69) is 5.32 Å². The van der Waals surface area contributed by atoms with Crippen LogP contribution in [0.4, 0.5) is 0 Å². The normalized spacial score (nSPS) is 36.0. The van der Waals surface area contributed by atoms with Gasteiger partial charge in [0.15, 0.2) is 0 Å². The SMILES string of the molecule is CC1(C(=O)O)CCCN(C(=O)C2(C)CCCNC2)C1. The van der Waals surface area contributed by atoms with Crippen molar-refractivity contribution in [2.45, 2.75) is 39.5 Å². The maximum Gasteiger partial charge on any atom is 0.311 e. The van der Waals surface area contributed by atoms with E-state index >= 15 is 0 Å². The number of carboxylic acids is 1. The Kier molecular flexibility index (Phi) is 3.85. The molecule has 2 rings (SSSR count). The molecule has 0 bridgehead atoms. The minimum absolute atomic E-state index is 0.117. The first-order valence-electron chi connectivity index (χ1n) is 7.11. The monoisotopic (exact) mass is 268 g/mol. The molecule has 1 amide bonds. The largest absolute Gasteiger partial charge is 0.481 e. The molecule has 0 saturated carbocycles. The fourth-order valence-electron chi connectivity index (χ4n) is 3.21. The number of carbonyl (C=O) groups is 2. The van der Waals surface area contributed by atoms with Crippen LogP contribution in [0.3, 0.4) is 0 Å². The molecule has 2 aliphatic rings. The van der Waals surface area contributed by atoms with Crippen molar-refractivity contribution in [3.8, 4) is 0 Å². The highest BCUT2D eigenvalue weighted by Crippen LogP contribution is 2.34. The van der Waals surface area contributed by atoms with Crippen LogP contribution in [-0.2, 0) is 9.59 Å². The highest BCUT2D eigenvalue weighted by molar-refractivity contribution is 5.84. The summed E-state index contributed by atoms with van der Waals surface area (Å²) >= 11 is 0. The Morgan fingerprint density at radius 3 is 2.42 bits per heavy atom. The molecule has 5 nitrogen and oxygen atoms in total. The fraction of sp³-hybridized carbons (Fsp3) is 0.857. The van der Waals surface area contributed by atoms with Crippen LogP contribution in [0.5, 0.6) is 0 Å². The van der Waals surface area contributed by atoms with Crippen LogP contribution >= 0.6 is 0 Å². The molecule has 2 atom stereocenters. The van der Waals surface area contributed by atoms with Crippen LogP contribution in [0.1, 0.15) is 39.5 Å². The molecule has 0 aliphatic carbocycles. The summed E-state index contributed by atoms with van der Waals surface area (Å²) in [6, 6.07) is 0. The average Bonchev–Trinajstić information content (AvgIpc) is 2.38. The predicted molar refractivity (Wildman–Crippen MR) is 71.8 cm³/mol. The van der Waals surface area contributed by atoms with E-state index in [1.165, 1.54) is 0 Å². The van der Waals surface area contributed by atoms with Crippen LogP contribution in [0.25, 0.3) is 0 Å². The molecule has 0 aromatic heterocycles. The van der Waals surface area contributed by atoms with E-state index in [4.69, 9.17) is 0 Å². The third-order valence-electron chi connectivity index (χ3n) is 4.61. The standard InChI is InChI=1S/C14H24N2O3/c1-13(5-3-7-15-9-13)11(17)16-8-4-6-14(2,10-16)12(18)19/h15H,3-10H2,1-2H3,(H,18,19). The zero-order valence-corrected chi connectivity index (χ0v) is 11.9. The highest BCUT2D eigenvalue weighted by Gasteiger charge is 2.44. The van der Waals surface area contributed by atoms with Crippen LogP contribution < -0.4 is 5.32 Å². The van der Waals surface area contributed by atoms with E-state index in [0.717, 1.165) is 25.8 Å². The lowest BCUT2D eigenvalue weighted by molar-refractivity contribution is -0.156. The van der Waals surface area contributed by atoms with E-state index < -0.39 is 11.4 Å². The second kappa shape index (κ2) is 5.12. The summed E-state index contributed by atoms with van der Waals surface area (Å²) in [6.07, 6.45) is 3.32. The van der Waals surface area contributed by atoms with E-state index in [1.807, 2.05) is 6.92 Å². The van der Waals surface area contributed by atoms with Crippen molar-refractivity contribution in [3.63, 3.8) is 0 Å². The summed E-state index contributed by atoms with van der Waals surface area (Å²) < 4.78 is 0. The summed E-state index contributed by atoms with van der Waals surface area (Å²) in [6.45, 7) is 6.44. The zero-order valence-electron chi connectivity index (χ0n) is 11.9. The summed E-state index contributed by atoms with van der Waals surface area (Å²) in [4.78, 5) is 25.8. The molecule has 0 radical (unpaired) electrons. The molecule has 2 heterocycles. The number of hydrogen-bond donors (Lipinski definition) is 2. The fourth-order valence-corrected chi connectivity index (χ4v) is 3.21. The molecule has 2 saturated heterocycles. The molecule has 108 valence electrons. The minimum atomic E-state index is -0.795. The van der Waals surface area contributed by atoms with Gasteiger partial charge in [-0.25, -0.2) is 0 Å². The Balaban J connectivity index is 2.08. The van der Waals surface area contributed by atoms with E-state index in [-0.39, 0.29) is 11.3 Å². The van der Waals surface area contributed by atoms with Gasteiger partial charge in [-0.1, -0.05) is 0 Å². The molecule has 2 aliphatic heterocycles. The Morgan fingerprint density at radius 1 is 1.16 bits per heavy atom. The highest BCUT2D eigenvalue weighted by atomic mass is 16.4. The molecule has 2 N–H and O–H groups in total. The first-order valence-corrected chi connectivity index (χ1v) is 7.11. The lowest BCUT2D eigenvalue weighted by atomic mass is 9.78. The predicted octanol–water partition coefficient (Wildman–Crippen LogP) is 1.09. The second-order valence-electron chi connectivity index (χ2n) is 6.54. The Hall–Kier alpha value is -1.10. The molecule has 0 aromatic carbocycles. The number of carbonyl (C=O) groups excluding carboxylic acids is 1. The molecule has 2 unspecified atom stereocenters. The summed E-state index contributed by atoms with van der Waals surface area (Å²) in [5.41, 5.74) is -1.15. The third-order valence-corrected chi connectivity index (χ3v) is 4.61. The number of rotatable bonds is 2. The molecule has 0 spiro atoms. The molecule has 19 heavy (non-hydrogen) atoms. The second-order valence-corrected chi connectivity index (χ2v) is 6.54. The van der Waals surface area contributed by atoms with Gasteiger partial charge in [0.05, 0.1) is 10.8 Å². The van der Waals surface area contributed by atoms with Gasteiger partial charge < -0.3 is 15.3 Å². The van der Waals surface area contributed by atoms with Crippen LogP contribution in [0.2, 0.25) is 0 Å². The van der Waals surface area contributed by atoms with E-state index in [0.29, 0.717) is 26.1 Å². The maximum atomic E-state index is 12.7. The van der Waals surface area contributed by atoms with Gasteiger partial charge in [0, 0.05) is 19.6 Å². The first-order chi connectivity index (χ1) is 8.87. The lowest BCUT2D eigenvalue weighted by Crippen LogP contribution is -2.55. The van der Waals surface area contributed by atoms with Crippen molar-refractivity contribution in [2.24, 2.45) is 10.8 Å². The minimum Gasteiger partial charge on any atom is -0.481 e. The number of carboxylic acid groups (broad SMARTS) is 1.